The van der Waals surface area contributed by atoms with Gasteiger partial charge in [0.15, 0.2) is 0 Å². The van der Waals surface area contributed by atoms with Crippen molar-refractivity contribution in [1.29, 1.82) is 0 Å². The molecule has 18 heavy (non-hydrogen) atoms. The van der Waals surface area contributed by atoms with Crippen molar-refractivity contribution in [2.45, 2.75) is 19.5 Å². The quantitative estimate of drug-likeness (QED) is 0.634. The lowest BCUT2D eigenvalue weighted by Gasteiger charge is -2.15. The molecule has 0 amide bonds. The lowest BCUT2D eigenvalue weighted by Crippen LogP contribution is -2.23. The van der Waals surface area contributed by atoms with Gasteiger partial charge in [-0.15, -0.1) is 0 Å². The molecular weight excluding hydrogens is 234 g/mol. The second-order valence-corrected chi connectivity index (χ2v) is 4.05. The van der Waals surface area contributed by atoms with Crippen molar-refractivity contribution in [3.05, 3.63) is 12.4 Å². The first-order valence-electron chi connectivity index (χ1n) is 6.11. The Kier molecular flexibility index (Phi) is 7.40. The Bertz CT molecular complexity index is 317. The summed E-state index contributed by atoms with van der Waals surface area (Å²) in [5.41, 5.74) is 0. The highest BCUT2D eigenvalue weighted by molar-refractivity contribution is 5.27. The third-order valence-corrected chi connectivity index (χ3v) is 2.42. The monoisotopic (exact) mass is 257 g/mol. The normalized spacial score (nSPS) is 12.6. The van der Waals surface area contributed by atoms with E-state index < -0.39 is 0 Å². The second kappa shape index (κ2) is 8.91. The van der Waals surface area contributed by atoms with Gasteiger partial charge in [0.2, 0.25) is 5.95 Å². The molecule has 0 aliphatic carbocycles. The molecule has 1 atom stereocenters. The van der Waals surface area contributed by atoms with Gasteiger partial charge in [0.25, 0.3) is 0 Å². The molecule has 1 rings (SSSR count). The van der Waals surface area contributed by atoms with Gasteiger partial charge in [-0.3, -0.25) is 0 Å². The highest BCUT2D eigenvalue weighted by atomic mass is 16.5. The Labute approximate surface area is 108 Å². The zero-order chi connectivity index (χ0) is 13.2. The average molecular weight is 257 g/mol. The molecule has 1 aromatic rings. The molecule has 1 unspecified atom stereocenters. The Balaban J connectivity index is 2.30. The third kappa shape index (κ3) is 5.48. The van der Waals surface area contributed by atoms with E-state index in [0.717, 1.165) is 12.5 Å². The van der Waals surface area contributed by atoms with Crippen LogP contribution in [-0.2, 0) is 20.8 Å². The van der Waals surface area contributed by atoms with E-state index in [0.29, 0.717) is 26.4 Å². The molecule has 0 aliphatic heterocycles. The molecule has 0 bridgehead atoms. The maximum absolute atomic E-state index is 5.43. The predicted octanol–water partition coefficient (Wildman–Crippen LogP) is 0.993. The Hall–Kier alpha value is -1.11. The molecular formula is C12H23N3O3. The highest BCUT2D eigenvalue weighted by Crippen LogP contribution is 2.06. The van der Waals surface area contributed by atoms with Crippen LogP contribution in [0, 0.1) is 0 Å². The van der Waals surface area contributed by atoms with Crippen LogP contribution in [0.5, 0.6) is 0 Å². The van der Waals surface area contributed by atoms with Crippen molar-refractivity contribution < 1.29 is 14.2 Å². The smallest absolute Gasteiger partial charge is 0.203 e. The number of hydrogen-bond acceptors (Lipinski definition) is 5. The molecule has 6 heteroatoms. The summed E-state index contributed by atoms with van der Waals surface area (Å²) in [5.74, 6) is 0.842. The SMILES string of the molecule is COCCOCCn1ccnc1NC(C)COC. The Morgan fingerprint density at radius 1 is 1.28 bits per heavy atom. The van der Waals surface area contributed by atoms with Crippen LogP contribution in [0.25, 0.3) is 0 Å². The topological polar surface area (TPSA) is 57.5 Å². The average Bonchev–Trinajstić information content (AvgIpc) is 2.77. The summed E-state index contributed by atoms with van der Waals surface area (Å²) in [6.07, 6.45) is 3.71. The van der Waals surface area contributed by atoms with Crippen LogP contribution >= 0.6 is 0 Å². The van der Waals surface area contributed by atoms with Gasteiger partial charge in [0, 0.05) is 39.2 Å². The van der Waals surface area contributed by atoms with Crippen molar-refractivity contribution in [3.8, 4) is 0 Å². The zero-order valence-corrected chi connectivity index (χ0v) is 11.4. The Morgan fingerprint density at radius 3 is 2.83 bits per heavy atom. The minimum atomic E-state index is 0.227. The summed E-state index contributed by atoms with van der Waals surface area (Å²) in [4.78, 5) is 4.27. The summed E-state index contributed by atoms with van der Waals surface area (Å²) in [6.45, 7) is 5.36. The highest BCUT2D eigenvalue weighted by Gasteiger charge is 2.06. The number of aromatic nitrogens is 2. The number of imidazole rings is 1. The minimum absolute atomic E-state index is 0.227. The fraction of sp³-hybridized carbons (Fsp3) is 0.750. The van der Waals surface area contributed by atoms with Gasteiger partial charge in [-0.25, -0.2) is 4.98 Å². The van der Waals surface area contributed by atoms with Crippen molar-refractivity contribution >= 4 is 5.95 Å². The van der Waals surface area contributed by atoms with Crippen molar-refractivity contribution in [1.82, 2.24) is 9.55 Å². The van der Waals surface area contributed by atoms with E-state index in [4.69, 9.17) is 14.2 Å². The van der Waals surface area contributed by atoms with Crippen LogP contribution in [0.2, 0.25) is 0 Å². The number of rotatable bonds is 10. The van der Waals surface area contributed by atoms with E-state index in [2.05, 4.69) is 17.2 Å². The van der Waals surface area contributed by atoms with Crippen LogP contribution in [0.1, 0.15) is 6.92 Å². The first kappa shape index (κ1) is 14.9. The predicted molar refractivity (Wildman–Crippen MR) is 69.9 cm³/mol. The lowest BCUT2D eigenvalue weighted by molar-refractivity contribution is 0.0667. The van der Waals surface area contributed by atoms with Crippen LogP contribution < -0.4 is 5.32 Å². The minimum Gasteiger partial charge on any atom is -0.383 e. The summed E-state index contributed by atoms with van der Waals surface area (Å²) in [6, 6.07) is 0.227. The van der Waals surface area contributed by atoms with Crippen molar-refractivity contribution in [3.63, 3.8) is 0 Å². The van der Waals surface area contributed by atoms with Gasteiger partial charge in [-0.05, 0) is 6.92 Å². The summed E-state index contributed by atoms with van der Waals surface area (Å²) in [5, 5.41) is 3.29. The molecule has 1 N–H and O–H groups in total. The summed E-state index contributed by atoms with van der Waals surface area (Å²) >= 11 is 0. The van der Waals surface area contributed by atoms with Gasteiger partial charge >= 0.3 is 0 Å². The van der Waals surface area contributed by atoms with E-state index >= 15 is 0 Å². The van der Waals surface area contributed by atoms with Gasteiger partial charge in [0.1, 0.15) is 0 Å². The molecule has 1 heterocycles. The van der Waals surface area contributed by atoms with Crippen molar-refractivity contribution in [2.75, 3.05) is 46.0 Å². The zero-order valence-electron chi connectivity index (χ0n) is 11.4. The first-order chi connectivity index (χ1) is 8.77. The van der Waals surface area contributed by atoms with Crippen LogP contribution in [0.3, 0.4) is 0 Å². The molecule has 6 nitrogen and oxygen atoms in total. The number of ether oxygens (including phenoxy) is 3. The van der Waals surface area contributed by atoms with E-state index in [1.54, 1.807) is 20.4 Å². The number of methoxy groups -OCH3 is 2. The Morgan fingerprint density at radius 2 is 2.11 bits per heavy atom. The van der Waals surface area contributed by atoms with Gasteiger partial charge in [-0.1, -0.05) is 0 Å². The molecule has 0 saturated carbocycles. The fourth-order valence-electron chi connectivity index (χ4n) is 1.55. The largest absolute Gasteiger partial charge is 0.383 e. The number of anilines is 1. The number of hydrogen-bond donors (Lipinski definition) is 1. The molecule has 0 spiro atoms. The molecule has 0 fully saturated rings. The summed E-state index contributed by atoms with van der Waals surface area (Å²) in [7, 11) is 3.35. The van der Waals surface area contributed by atoms with Crippen LogP contribution in [0.15, 0.2) is 12.4 Å². The van der Waals surface area contributed by atoms with E-state index in [1.165, 1.54) is 0 Å². The molecule has 0 radical (unpaired) electrons. The molecule has 0 saturated heterocycles. The first-order valence-corrected chi connectivity index (χ1v) is 6.11. The molecule has 104 valence electrons. The lowest BCUT2D eigenvalue weighted by atomic mass is 10.4. The van der Waals surface area contributed by atoms with Gasteiger partial charge in [0.05, 0.1) is 26.4 Å². The maximum Gasteiger partial charge on any atom is 0.203 e. The van der Waals surface area contributed by atoms with Crippen LogP contribution in [0.4, 0.5) is 5.95 Å². The summed E-state index contributed by atoms with van der Waals surface area (Å²) < 4.78 is 17.4. The van der Waals surface area contributed by atoms with Gasteiger partial charge < -0.3 is 24.1 Å². The fourth-order valence-corrected chi connectivity index (χ4v) is 1.55. The molecule has 0 aromatic carbocycles. The second-order valence-electron chi connectivity index (χ2n) is 4.05. The van der Waals surface area contributed by atoms with E-state index in [9.17, 15) is 0 Å². The number of nitrogens with zero attached hydrogens (tertiary/aromatic N) is 2. The standard InChI is InChI=1S/C12H23N3O3/c1-11(10-17-3)14-12-13-4-5-15(12)6-7-18-9-8-16-2/h4-5,11H,6-10H2,1-3H3,(H,13,14). The third-order valence-electron chi connectivity index (χ3n) is 2.42. The van der Waals surface area contributed by atoms with E-state index in [1.807, 2.05) is 10.8 Å². The molecule has 1 aromatic heterocycles. The van der Waals surface area contributed by atoms with Crippen LogP contribution in [-0.4, -0.2) is 56.2 Å². The molecule has 0 aliphatic rings. The van der Waals surface area contributed by atoms with Gasteiger partial charge in [-0.2, -0.15) is 0 Å². The maximum atomic E-state index is 5.43. The van der Waals surface area contributed by atoms with E-state index in [-0.39, 0.29) is 6.04 Å². The van der Waals surface area contributed by atoms with Crippen molar-refractivity contribution in [2.24, 2.45) is 0 Å². The number of nitrogens with one attached hydrogen (secondary N) is 1.